The Morgan fingerprint density at radius 1 is 1.16 bits per heavy atom. The van der Waals surface area contributed by atoms with Gasteiger partial charge in [-0.15, -0.1) is 0 Å². The molecule has 0 atom stereocenters. The van der Waals surface area contributed by atoms with E-state index in [4.69, 9.17) is 4.74 Å². The van der Waals surface area contributed by atoms with Gasteiger partial charge in [0.25, 0.3) is 0 Å². The Balaban J connectivity index is 2.16. The fourth-order valence-electron chi connectivity index (χ4n) is 3.23. The molecule has 0 aromatic heterocycles. The maximum Gasteiger partial charge on any atom is 0.332 e. The number of carbonyl (C=O) groups excluding carboxylic acids is 3. The molecule has 1 heterocycles. The molecule has 25 heavy (non-hydrogen) atoms. The van der Waals surface area contributed by atoms with E-state index in [-0.39, 0.29) is 5.97 Å². The highest BCUT2D eigenvalue weighted by molar-refractivity contribution is 5.93. The van der Waals surface area contributed by atoms with Crippen LogP contribution in [0, 0.1) is 0 Å². The van der Waals surface area contributed by atoms with Crippen LogP contribution in [0.25, 0.3) is 0 Å². The van der Waals surface area contributed by atoms with Crippen molar-refractivity contribution in [3.63, 3.8) is 0 Å². The van der Waals surface area contributed by atoms with Crippen molar-refractivity contribution < 1.29 is 23.9 Å². The fourth-order valence-corrected chi connectivity index (χ4v) is 3.23. The summed E-state index contributed by atoms with van der Waals surface area (Å²) in [5, 5.41) is 0. The molecule has 1 saturated heterocycles. The summed E-state index contributed by atoms with van der Waals surface area (Å²) < 4.78 is 9.67. The molecule has 0 N–H and O–H groups in total. The quantitative estimate of drug-likeness (QED) is 0.545. The first kappa shape index (κ1) is 18.9. The third kappa shape index (κ3) is 4.17. The molecule has 0 radical (unpaired) electrons. The number of esters is 2. The largest absolute Gasteiger partial charge is 0.469 e. The lowest BCUT2D eigenvalue weighted by Crippen LogP contribution is -2.60. The summed E-state index contributed by atoms with van der Waals surface area (Å²) in [7, 11) is 2.70. The van der Waals surface area contributed by atoms with Crippen LogP contribution in [-0.2, 0) is 23.9 Å². The van der Waals surface area contributed by atoms with E-state index < -0.39 is 11.5 Å². The van der Waals surface area contributed by atoms with Crippen LogP contribution in [0.3, 0.4) is 0 Å². The van der Waals surface area contributed by atoms with Gasteiger partial charge < -0.3 is 14.4 Å². The number of anilines is 1. The third-order valence-corrected chi connectivity index (χ3v) is 4.71. The number of ether oxygens (including phenoxy) is 2. The summed E-state index contributed by atoms with van der Waals surface area (Å²) in [6.07, 6.45) is 1.87. The van der Waals surface area contributed by atoms with E-state index in [9.17, 15) is 14.4 Å². The minimum absolute atomic E-state index is 0.261. The van der Waals surface area contributed by atoms with Crippen molar-refractivity contribution in [3.05, 3.63) is 30.3 Å². The lowest BCUT2D eigenvalue weighted by Gasteiger charge is -2.44. The topological polar surface area (TPSA) is 76.2 Å². The van der Waals surface area contributed by atoms with Crippen molar-refractivity contribution in [3.8, 4) is 0 Å². The Morgan fingerprint density at radius 3 is 2.32 bits per heavy atom. The molecule has 1 aromatic rings. The first-order chi connectivity index (χ1) is 12.1. The number of rotatable bonds is 7. The summed E-state index contributed by atoms with van der Waals surface area (Å²) >= 11 is 0. The normalized spacial score (nSPS) is 16.7. The molecule has 0 spiro atoms. The number of methoxy groups -OCH3 is 2. The molecule has 0 bridgehead atoms. The number of amides is 1. The zero-order valence-electron chi connectivity index (χ0n) is 14.6. The summed E-state index contributed by atoms with van der Waals surface area (Å²) in [6, 6.07) is 9.09. The van der Waals surface area contributed by atoms with E-state index >= 15 is 0 Å². The average Bonchev–Trinajstić information content (AvgIpc) is 2.67. The lowest BCUT2D eigenvalue weighted by molar-refractivity contribution is -0.150. The highest BCUT2D eigenvalue weighted by Gasteiger charge is 2.47. The van der Waals surface area contributed by atoms with Crippen LogP contribution < -0.4 is 4.90 Å². The number of hydrogen-bond acceptors (Lipinski definition) is 6. The van der Waals surface area contributed by atoms with Gasteiger partial charge >= 0.3 is 11.9 Å². The van der Waals surface area contributed by atoms with Crippen LogP contribution in [0.1, 0.15) is 19.3 Å². The fraction of sp³-hybridized carbons (Fsp3) is 0.500. The number of hydrogen-bond donors (Lipinski definition) is 0. The van der Waals surface area contributed by atoms with E-state index in [0.29, 0.717) is 51.0 Å². The number of benzene rings is 1. The zero-order valence-corrected chi connectivity index (χ0v) is 14.6. The summed E-state index contributed by atoms with van der Waals surface area (Å²) in [6.45, 7) is 1.74. The number of carbonyl (C=O) groups is 3. The van der Waals surface area contributed by atoms with Gasteiger partial charge in [-0.1, -0.05) is 18.2 Å². The van der Waals surface area contributed by atoms with E-state index in [1.54, 1.807) is 12.1 Å². The van der Waals surface area contributed by atoms with Crippen LogP contribution in [0.5, 0.6) is 0 Å². The molecule has 1 aliphatic heterocycles. The van der Waals surface area contributed by atoms with Crippen LogP contribution in [-0.4, -0.2) is 62.6 Å². The third-order valence-electron chi connectivity index (χ3n) is 4.71. The van der Waals surface area contributed by atoms with Crippen LogP contribution in [0.4, 0.5) is 5.69 Å². The monoisotopic (exact) mass is 348 g/mol. The van der Waals surface area contributed by atoms with Crippen molar-refractivity contribution >= 4 is 24.0 Å². The molecule has 1 aliphatic rings. The minimum Gasteiger partial charge on any atom is -0.469 e. The predicted molar refractivity (Wildman–Crippen MR) is 92.0 cm³/mol. The maximum atomic E-state index is 12.6. The van der Waals surface area contributed by atoms with Gasteiger partial charge in [0.2, 0.25) is 6.41 Å². The standard InChI is InChI=1S/C18H24N2O5/c1-24-16(22)8-11-19-12-9-18(10-13-19,17(23)25-2)20(14-21)15-6-4-3-5-7-15/h3-7,14H,8-13H2,1-2H3. The van der Waals surface area contributed by atoms with E-state index in [1.165, 1.54) is 19.1 Å². The highest BCUT2D eigenvalue weighted by Crippen LogP contribution is 2.33. The molecule has 1 aromatic carbocycles. The average molecular weight is 348 g/mol. The van der Waals surface area contributed by atoms with Gasteiger partial charge in [0.15, 0.2) is 0 Å². The molecule has 0 saturated carbocycles. The van der Waals surface area contributed by atoms with Crippen molar-refractivity contribution in [2.24, 2.45) is 0 Å². The Labute approximate surface area is 147 Å². The van der Waals surface area contributed by atoms with Crippen LogP contribution in [0.15, 0.2) is 30.3 Å². The second kappa shape index (κ2) is 8.62. The molecule has 0 unspecified atom stereocenters. The first-order valence-electron chi connectivity index (χ1n) is 8.24. The van der Waals surface area contributed by atoms with Gasteiger partial charge in [-0.25, -0.2) is 4.79 Å². The Morgan fingerprint density at radius 2 is 1.80 bits per heavy atom. The van der Waals surface area contributed by atoms with Gasteiger partial charge in [0.1, 0.15) is 5.54 Å². The van der Waals surface area contributed by atoms with E-state index in [0.717, 1.165) is 0 Å². The van der Waals surface area contributed by atoms with Crippen molar-refractivity contribution in [2.75, 3.05) is 38.8 Å². The smallest absolute Gasteiger partial charge is 0.332 e. The van der Waals surface area contributed by atoms with Gasteiger partial charge in [-0.05, 0) is 25.0 Å². The number of para-hydroxylation sites is 1. The molecule has 136 valence electrons. The summed E-state index contributed by atoms with van der Waals surface area (Å²) in [4.78, 5) is 39.2. The van der Waals surface area contributed by atoms with E-state index in [2.05, 4.69) is 9.64 Å². The summed E-state index contributed by atoms with van der Waals surface area (Å²) in [5.41, 5.74) is -0.370. The molecule has 7 heteroatoms. The second-order valence-corrected chi connectivity index (χ2v) is 6.00. The van der Waals surface area contributed by atoms with Crippen LogP contribution in [0.2, 0.25) is 0 Å². The molecule has 7 nitrogen and oxygen atoms in total. The predicted octanol–water partition coefficient (Wildman–Crippen LogP) is 1.22. The van der Waals surface area contributed by atoms with Crippen LogP contribution >= 0.6 is 0 Å². The molecule has 0 aliphatic carbocycles. The number of nitrogens with zero attached hydrogens (tertiary/aromatic N) is 2. The lowest BCUT2D eigenvalue weighted by atomic mass is 9.85. The number of likely N-dealkylation sites (tertiary alicyclic amines) is 1. The zero-order chi connectivity index (χ0) is 18.3. The Kier molecular flexibility index (Phi) is 6.52. The van der Waals surface area contributed by atoms with Gasteiger partial charge in [0.05, 0.1) is 20.6 Å². The SMILES string of the molecule is COC(=O)CCN1CCC(C(=O)OC)(N(C=O)c2ccccc2)CC1. The van der Waals surface area contributed by atoms with Gasteiger partial charge in [-0.3, -0.25) is 14.5 Å². The highest BCUT2D eigenvalue weighted by atomic mass is 16.5. The van der Waals surface area contributed by atoms with Crippen molar-refractivity contribution in [1.29, 1.82) is 0 Å². The van der Waals surface area contributed by atoms with Gasteiger partial charge in [0, 0.05) is 25.3 Å². The molecule has 2 rings (SSSR count). The Bertz CT molecular complexity index is 597. The molecular weight excluding hydrogens is 324 g/mol. The summed E-state index contributed by atoms with van der Waals surface area (Å²) in [5.74, 6) is -0.681. The number of piperidine rings is 1. The second-order valence-electron chi connectivity index (χ2n) is 6.00. The maximum absolute atomic E-state index is 12.6. The van der Waals surface area contributed by atoms with E-state index in [1.807, 2.05) is 18.2 Å². The van der Waals surface area contributed by atoms with Crippen molar-refractivity contribution in [2.45, 2.75) is 24.8 Å². The molecule has 1 fully saturated rings. The Hall–Kier alpha value is -2.41. The molecular formula is C18H24N2O5. The first-order valence-corrected chi connectivity index (χ1v) is 8.24. The van der Waals surface area contributed by atoms with Crippen molar-refractivity contribution in [1.82, 2.24) is 4.90 Å². The van der Waals surface area contributed by atoms with Gasteiger partial charge in [-0.2, -0.15) is 0 Å². The molecule has 1 amide bonds. The minimum atomic E-state index is -1.03.